The van der Waals surface area contributed by atoms with Gasteiger partial charge in [0.2, 0.25) is 0 Å². The summed E-state index contributed by atoms with van der Waals surface area (Å²) in [6, 6.07) is 8.31. The third-order valence-electron chi connectivity index (χ3n) is 2.87. The van der Waals surface area contributed by atoms with Crippen molar-refractivity contribution in [2.45, 2.75) is 20.0 Å². The van der Waals surface area contributed by atoms with Crippen LogP contribution in [0.15, 0.2) is 30.5 Å². The normalized spacial score (nSPS) is 10.6. The summed E-state index contributed by atoms with van der Waals surface area (Å²) >= 11 is 0. The number of nitrogens with zero attached hydrogens (tertiary/aromatic N) is 4. The molecule has 0 saturated heterocycles. The highest BCUT2D eigenvalue weighted by Crippen LogP contribution is 2.19. The van der Waals surface area contributed by atoms with Gasteiger partial charge in [0.15, 0.2) is 0 Å². The number of aromatic nitrogens is 3. The minimum absolute atomic E-state index is 0.580. The highest BCUT2D eigenvalue weighted by atomic mass is 15.4. The molecule has 96 valence electrons. The van der Waals surface area contributed by atoms with Gasteiger partial charge in [-0.2, -0.15) is 0 Å². The maximum absolute atomic E-state index is 5.48. The third-order valence-corrected chi connectivity index (χ3v) is 2.87. The van der Waals surface area contributed by atoms with E-state index < -0.39 is 0 Å². The van der Waals surface area contributed by atoms with Gasteiger partial charge < -0.3 is 10.6 Å². The number of benzene rings is 1. The van der Waals surface area contributed by atoms with Crippen molar-refractivity contribution in [3.8, 4) is 0 Å². The lowest BCUT2D eigenvalue weighted by Gasteiger charge is -2.19. The van der Waals surface area contributed by atoms with Crippen molar-refractivity contribution >= 4 is 5.69 Å². The van der Waals surface area contributed by atoms with Crippen LogP contribution in [-0.4, -0.2) is 28.6 Å². The van der Waals surface area contributed by atoms with Gasteiger partial charge in [-0.25, -0.2) is 0 Å². The molecule has 2 N–H and O–H groups in total. The Labute approximate surface area is 107 Å². The summed E-state index contributed by atoms with van der Waals surface area (Å²) < 4.78 is 1.78. The standard InChI is InChI=1S/C13H19N5/c1-11-5-3-4-6-13(11)17(2)9-12-10-18(8-7-14)16-15-12/h3-6,10H,7-9,14H2,1-2H3. The predicted octanol–water partition coefficient (Wildman–Crippen LogP) is 1.18. The summed E-state index contributed by atoms with van der Waals surface area (Å²) in [4.78, 5) is 2.17. The van der Waals surface area contributed by atoms with Gasteiger partial charge in [-0.1, -0.05) is 23.4 Å². The number of aryl methyl sites for hydroxylation is 1. The number of nitrogens with two attached hydrogens (primary N) is 1. The SMILES string of the molecule is Cc1ccccc1N(C)Cc1cn(CCN)nn1. The van der Waals surface area contributed by atoms with Crippen molar-refractivity contribution < 1.29 is 0 Å². The summed E-state index contributed by atoms with van der Waals surface area (Å²) in [5, 5.41) is 8.18. The fourth-order valence-electron chi connectivity index (χ4n) is 1.97. The summed E-state index contributed by atoms with van der Waals surface area (Å²) in [5.41, 5.74) is 8.91. The van der Waals surface area contributed by atoms with E-state index in [-0.39, 0.29) is 0 Å². The lowest BCUT2D eigenvalue weighted by atomic mass is 10.2. The van der Waals surface area contributed by atoms with Gasteiger partial charge in [0.1, 0.15) is 5.69 Å². The van der Waals surface area contributed by atoms with E-state index in [2.05, 4.69) is 41.3 Å². The first-order valence-electron chi connectivity index (χ1n) is 6.06. The second-order valence-electron chi connectivity index (χ2n) is 4.40. The van der Waals surface area contributed by atoms with Crippen LogP contribution in [0.4, 0.5) is 5.69 Å². The first-order chi connectivity index (χ1) is 8.70. The van der Waals surface area contributed by atoms with E-state index in [1.807, 2.05) is 18.3 Å². The van der Waals surface area contributed by atoms with Gasteiger partial charge >= 0.3 is 0 Å². The molecule has 0 atom stereocenters. The second kappa shape index (κ2) is 5.64. The molecule has 0 unspecified atom stereocenters. The second-order valence-corrected chi connectivity index (χ2v) is 4.40. The number of hydrogen-bond donors (Lipinski definition) is 1. The van der Waals surface area contributed by atoms with Crippen LogP contribution in [0.1, 0.15) is 11.3 Å². The van der Waals surface area contributed by atoms with Crippen LogP contribution in [0, 0.1) is 6.92 Å². The molecule has 0 saturated carbocycles. The summed E-state index contributed by atoms with van der Waals surface area (Å²) in [5.74, 6) is 0. The number of rotatable bonds is 5. The van der Waals surface area contributed by atoms with E-state index in [0.717, 1.165) is 12.2 Å². The van der Waals surface area contributed by atoms with Crippen LogP contribution in [0.25, 0.3) is 0 Å². The molecular weight excluding hydrogens is 226 g/mol. The van der Waals surface area contributed by atoms with Gasteiger partial charge in [-0.05, 0) is 18.6 Å². The van der Waals surface area contributed by atoms with Gasteiger partial charge in [-0.3, -0.25) is 4.68 Å². The van der Waals surface area contributed by atoms with Crippen LogP contribution in [0.2, 0.25) is 0 Å². The summed E-state index contributed by atoms with van der Waals surface area (Å²) in [6.45, 7) is 4.14. The van der Waals surface area contributed by atoms with Crippen LogP contribution >= 0.6 is 0 Å². The molecule has 0 aliphatic heterocycles. The molecule has 0 spiro atoms. The Kier molecular flexibility index (Phi) is 3.94. The highest BCUT2D eigenvalue weighted by Gasteiger charge is 2.07. The molecule has 0 bridgehead atoms. The number of anilines is 1. The molecule has 1 aromatic heterocycles. The molecule has 0 radical (unpaired) electrons. The number of para-hydroxylation sites is 1. The maximum atomic E-state index is 5.48. The molecule has 5 nitrogen and oxygen atoms in total. The maximum Gasteiger partial charge on any atom is 0.102 e. The summed E-state index contributed by atoms with van der Waals surface area (Å²) in [7, 11) is 2.06. The fraction of sp³-hybridized carbons (Fsp3) is 0.385. The minimum atomic E-state index is 0.580. The zero-order valence-electron chi connectivity index (χ0n) is 10.9. The lowest BCUT2D eigenvalue weighted by Crippen LogP contribution is -2.17. The minimum Gasteiger partial charge on any atom is -0.368 e. The molecule has 18 heavy (non-hydrogen) atoms. The Morgan fingerprint density at radius 1 is 1.33 bits per heavy atom. The first kappa shape index (κ1) is 12.6. The smallest absolute Gasteiger partial charge is 0.102 e. The van der Waals surface area contributed by atoms with E-state index in [1.54, 1.807) is 4.68 Å². The van der Waals surface area contributed by atoms with Gasteiger partial charge in [-0.15, -0.1) is 5.10 Å². The van der Waals surface area contributed by atoms with Crippen molar-refractivity contribution in [2.75, 3.05) is 18.5 Å². The average molecular weight is 245 g/mol. The molecule has 2 rings (SSSR count). The van der Waals surface area contributed by atoms with Gasteiger partial charge in [0.25, 0.3) is 0 Å². The Hall–Kier alpha value is -1.88. The van der Waals surface area contributed by atoms with Crippen molar-refractivity contribution in [1.29, 1.82) is 0 Å². The van der Waals surface area contributed by atoms with E-state index in [4.69, 9.17) is 5.73 Å². The van der Waals surface area contributed by atoms with Crippen molar-refractivity contribution in [1.82, 2.24) is 15.0 Å². The third kappa shape index (κ3) is 2.87. The lowest BCUT2D eigenvalue weighted by molar-refractivity contribution is 0.598. The molecule has 5 heteroatoms. The van der Waals surface area contributed by atoms with Crippen LogP contribution in [-0.2, 0) is 13.1 Å². The molecule has 0 fully saturated rings. The number of hydrogen-bond acceptors (Lipinski definition) is 4. The molecule has 2 aromatic rings. The molecule has 0 amide bonds. The van der Waals surface area contributed by atoms with Gasteiger partial charge in [0.05, 0.1) is 19.3 Å². The van der Waals surface area contributed by atoms with Crippen LogP contribution < -0.4 is 10.6 Å². The fourth-order valence-corrected chi connectivity index (χ4v) is 1.97. The van der Waals surface area contributed by atoms with E-state index in [9.17, 15) is 0 Å². The van der Waals surface area contributed by atoms with Crippen LogP contribution in [0.3, 0.4) is 0 Å². The predicted molar refractivity (Wildman–Crippen MR) is 72.4 cm³/mol. The Morgan fingerprint density at radius 2 is 2.11 bits per heavy atom. The van der Waals surface area contributed by atoms with E-state index in [0.29, 0.717) is 13.1 Å². The van der Waals surface area contributed by atoms with Crippen molar-refractivity contribution in [3.05, 3.63) is 41.7 Å². The first-order valence-corrected chi connectivity index (χ1v) is 6.06. The molecule has 1 aromatic carbocycles. The Morgan fingerprint density at radius 3 is 2.83 bits per heavy atom. The highest BCUT2D eigenvalue weighted by molar-refractivity contribution is 5.52. The summed E-state index contributed by atoms with van der Waals surface area (Å²) in [6.07, 6.45) is 1.95. The van der Waals surface area contributed by atoms with Gasteiger partial charge in [0, 0.05) is 19.3 Å². The quantitative estimate of drug-likeness (QED) is 0.859. The molecule has 0 aliphatic carbocycles. The van der Waals surface area contributed by atoms with Crippen LogP contribution in [0.5, 0.6) is 0 Å². The molecular formula is C13H19N5. The Bertz CT molecular complexity index is 506. The van der Waals surface area contributed by atoms with Crippen molar-refractivity contribution in [3.63, 3.8) is 0 Å². The molecule has 0 aliphatic rings. The van der Waals surface area contributed by atoms with Crippen molar-refractivity contribution in [2.24, 2.45) is 5.73 Å². The molecule has 1 heterocycles. The average Bonchev–Trinajstić information content (AvgIpc) is 2.77. The zero-order chi connectivity index (χ0) is 13.0. The zero-order valence-corrected chi connectivity index (χ0v) is 10.9. The largest absolute Gasteiger partial charge is 0.368 e. The monoisotopic (exact) mass is 245 g/mol. The topological polar surface area (TPSA) is 60.0 Å². The van der Waals surface area contributed by atoms with E-state index in [1.165, 1.54) is 11.3 Å². The Balaban J connectivity index is 2.06. The van der Waals surface area contributed by atoms with E-state index >= 15 is 0 Å².